The Hall–Kier alpha value is -3.71. The van der Waals surface area contributed by atoms with Gasteiger partial charge in [0.1, 0.15) is 4.88 Å². The van der Waals surface area contributed by atoms with E-state index in [9.17, 15) is 9.59 Å². The number of hydrogen-bond donors (Lipinski definition) is 1. The number of nitrogens with one attached hydrogen (secondary N) is 1. The molecular formula is C35H31Cl2N3O2S. The molecule has 1 aliphatic carbocycles. The fraction of sp³-hybridized carbons (Fsp3) is 0.229. The maximum absolute atomic E-state index is 14.2. The number of carbonyl (C=O) groups is 2. The van der Waals surface area contributed by atoms with Crippen molar-refractivity contribution >= 4 is 56.4 Å². The first kappa shape index (κ1) is 29.4. The molecule has 43 heavy (non-hydrogen) atoms. The van der Waals surface area contributed by atoms with Crippen molar-refractivity contribution in [2.24, 2.45) is 0 Å². The van der Waals surface area contributed by atoms with Gasteiger partial charge in [-0.3, -0.25) is 14.6 Å². The highest BCUT2D eigenvalue weighted by Gasteiger charge is 2.32. The maximum atomic E-state index is 14.2. The molecule has 1 N–H and O–H groups in total. The molecule has 0 spiro atoms. The normalized spacial score (nSPS) is 16.6. The van der Waals surface area contributed by atoms with Crippen LogP contribution in [0.2, 0.25) is 10.0 Å². The first-order chi connectivity index (χ1) is 20.9. The minimum absolute atomic E-state index is 0.00342. The van der Waals surface area contributed by atoms with Crippen LogP contribution in [0.1, 0.15) is 46.5 Å². The largest absolute Gasteiger partial charge is 0.353 e. The van der Waals surface area contributed by atoms with Crippen LogP contribution in [0.25, 0.3) is 21.2 Å². The van der Waals surface area contributed by atoms with Gasteiger partial charge in [0.05, 0.1) is 11.4 Å². The number of benzene rings is 3. The Morgan fingerprint density at radius 3 is 2.33 bits per heavy atom. The summed E-state index contributed by atoms with van der Waals surface area (Å²) in [4.78, 5) is 33.7. The molecule has 0 radical (unpaired) electrons. The van der Waals surface area contributed by atoms with Gasteiger partial charge in [0, 0.05) is 46.1 Å². The number of hydrogen-bond acceptors (Lipinski definition) is 4. The molecule has 2 amide bonds. The lowest BCUT2D eigenvalue weighted by Crippen LogP contribution is -2.46. The molecule has 0 bridgehead atoms. The number of carbonyl (C=O) groups excluding carboxylic acids is 2. The van der Waals surface area contributed by atoms with Crippen LogP contribution < -0.4 is 5.32 Å². The molecule has 3 aromatic carbocycles. The Bertz CT molecular complexity index is 1730. The smallest absolute Gasteiger partial charge is 0.266 e. The SMILES string of the molecule is O=C(Cc1ccc(Cl)cc1)NC1CCC(N(Cc2cccc(-c3ccncc3)c2)C(=O)c2sc3ccccc3c2Cl)CC1. The zero-order chi connectivity index (χ0) is 29.8. The van der Waals surface area contributed by atoms with Gasteiger partial charge in [-0.25, -0.2) is 0 Å². The Labute approximate surface area is 265 Å². The summed E-state index contributed by atoms with van der Waals surface area (Å²) in [7, 11) is 0. The third kappa shape index (κ3) is 6.93. The van der Waals surface area contributed by atoms with E-state index in [1.807, 2.05) is 59.5 Å². The molecule has 2 heterocycles. The number of nitrogens with zero attached hydrogens (tertiary/aromatic N) is 2. The van der Waals surface area contributed by atoms with E-state index >= 15 is 0 Å². The van der Waals surface area contributed by atoms with Crippen molar-refractivity contribution in [2.45, 2.75) is 50.7 Å². The molecule has 0 saturated heterocycles. The van der Waals surface area contributed by atoms with E-state index < -0.39 is 0 Å². The molecule has 0 aliphatic heterocycles. The second-order valence-corrected chi connectivity index (χ2v) is 12.9. The van der Waals surface area contributed by atoms with Crippen molar-refractivity contribution in [3.05, 3.63) is 123 Å². The summed E-state index contributed by atoms with van der Waals surface area (Å²) in [5, 5.41) is 5.28. The number of thiophene rings is 1. The number of amides is 2. The number of halogens is 2. The molecule has 6 rings (SSSR count). The third-order valence-corrected chi connectivity index (χ3v) is 9.98. The lowest BCUT2D eigenvalue weighted by Gasteiger charge is -2.37. The zero-order valence-electron chi connectivity index (χ0n) is 23.5. The van der Waals surface area contributed by atoms with Crippen LogP contribution in [-0.2, 0) is 17.8 Å². The molecule has 1 aliphatic rings. The van der Waals surface area contributed by atoms with E-state index in [0.717, 1.165) is 58.0 Å². The van der Waals surface area contributed by atoms with Gasteiger partial charge in [-0.2, -0.15) is 0 Å². The van der Waals surface area contributed by atoms with Gasteiger partial charge in [-0.05, 0) is 84.3 Å². The van der Waals surface area contributed by atoms with E-state index in [1.165, 1.54) is 11.3 Å². The molecule has 5 nitrogen and oxygen atoms in total. The topological polar surface area (TPSA) is 62.3 Å². The highest BCUT2D eigenvalue weighted by atomic mass is 35.5. The van der Waals surface area contributed by atoms with Crippen molar-refractivity contribution in [2.75, 3.05) is 0 Å². The van der Waals surface area contributed by atoms with Gasteiger partial charge in [0.2, 0.25) is 5.91 Å². The van der Waals surface area contributed by atoms with E-state index in [4.69, 9.17) is 23.2 Å². The predicted octanol–water partition coefficient (Wildman–Crippen LogP) is 8.58. The number of rotatable bonds is 8. The first-order valence-corrected chi connectivity index (χ1v) is 16.0. The van der Waals surface area contributed by atoms with Crippen molar-refractivity contribution in [3.63, 3.8) is 0 Å². The Morgan fingerprint density at radius 2 is 1.58 bits per heavy atom. The predicted molar refractivity (Wildman–Crippen MR) is 176 cm³/mol. The van der Waals surface area contributed by atoms with Gasteiger partial charge in [-0.15, -0.1) is 11.3 Å². The molecular weight excluding hydrogens is 597 g/mol. The molecule has 1 fully saturated rings. The summed E-state index contributed by atoms with van der Waals surface area (Å²) >= 11 is 14.2. The van der Waals surface area contributed by atoms with Crippen molar-refractivity contribution in [1.29, 1.82) is 0 Å². The second-order valence-electron chi connectivity index (χ2n) is 11.0. The maximum Gasteiger partial charge on any atom is 0.266 e. The van der Waals surface area contributed by atoms with Crippen LogP contribution >= 0.6 is 34.5 Å². The molecule has 8 heteroatoms. The van der Waals surface area contributed by atoms with E-state index in [1.54, 1.807) is 24.5 Å². The van der Waals surface area contributed by atoms with Crippen LogP contribution in [0.3, 0.4) is 0 Å². The summed E-state index contributed by atoms with van der Waals surface area (Å²) in [6, 6.07) is 27.7. The average Bonchev–Trinajstić information content (AvgIpc) is 3.38. The van der Waals surface area contributed by atoms with Crippen LogP contribution in [0, 0.1) is 0 Å². The lowest BCUT2D eigenvalue weighted by molar-refractivity contribution is -0.121. The zero-order valence-corrected chi connectivity index (χ0v) is 25.8. The fourth-order valence-corrected chi connectivity index (χ4v) is 7.43. The Balaban J connectivity index is 1.20. The van der Waals surface area contributed by atoms with Crippen LogP contribution in [0.5, 0.6) is 0 Å². The second kappa shape index (κ2) is 13.3. The monoisotopic (exact) mass is 627 g/mol. The van der Waals surface area contributed by atoms with Gasteiger partial charge in [0.25, 0.3) is 5.91 Å². The van der Waals surface area contributed by atoms with Gasteiger partial charge in [0.15, 0.2) is 0 Å². The molecule has 2 aromatic heterocycles. The van der Waals surface area contributed by atoms with Crippen LogP contribution in [0.4, 0.5) is 0 Å². The lowest BCUT2D eigenvalue weighted by atomic mass is 9.89. The fourth-order valence-electron chi connectivity index (χ4n) is 5.84. The summed E-state index contributed by atoms with van der Waals surface area (Å²) in [5.74, 6) is -0.0422. The van der Waals surface area contributed by atoms with E-state index in [0.29, 0.717) is 27.9 Å². The molecule has 5 aromatic rings. The Morgan fingerprint density at radius 1 is 0.837 bits per heavy atom. The van der Waals surface area contributed by atoms with Gasteiger partial charge < -0.3 is 10.2 Å². The number of aromatic nitrogens is 1. The summed E-state index contributed by atoms with van der Waals surface area (Å²) in [6.07, 6.45) is 7.09. The first-order valence-electron chi connectivity index (χ1n) is 14.5. The average molecular weight is 629 g/mol. The number of fused-ring (bicyclic) bond motifs is 1. The number of pyridine rings is 1. The third-order valence-electron chi connectivity index (χ3n) is 8.06. The highest BCUT2D eigenvalue weighted by molar-refractivity contribution is 7.21. The van der Waals surface area contributed by atoms with E-state index in [-0.39, 0.29) is 23.9 Å². The van der Waals surface area contributed by atoms with Crippen molar-refractivity contribution in [3.8, 4) is 11.1 Å². The quantitative estimate of drug-likeness (QED) is 0.187. The minimum atomic E-state index is -0.0456. The van der Waals surface area contributed by atoms with Crippen molar-refractivity contribution < 1.29 is 9.59 Å². The Kier molecular flexibility index (Phi) is 9.08. The van der Waals surface area contributed by atoms with Crippen LogP contribution in [-0.4, -0.2) is 33.8 Å². The molecule has 218 valence electrons. The van der Waals surface area contributed by atoms with E-state index in [2.05, 4.69) is 28.5 Å². The summed E-state index contributed by atoms with van der Waals surface area (Å²) in [5.41, 5.74) is 4.15. The summed E-state index contributed by atoms with van der Waals surface area (Å²) in [6.45, 7) is 0.473. The minimum Gasteiger partial charge on any atom is -0.353 e. The molecule has 0 atom stereocenters. The van der Waals surface area contributed by atoms with Gasteiger partial charge >= 0.3 is 0 Å². The molecule has 0 unspecified atom stereocenters. The highest BCUT2D eigenvalue weighted by Crippen LogP contribution is 2.37. The van der Waals surface area contributed by atoms with Gasteiger partial charge in [-0.1, -0.05) is 71.7 Å². The molecule has 1 saturated carbocycles. The van der Waals surface area contributed by atoms with Crippen molar-refractivity contribution in [1.82, 2.24) is 15.2 Å². The standard InChI is InChI=1S/C35H31Cl2N3O2S/c36-27-10-8-23(9-11-27)21-32(41)39-28-12-14-29(15-13-28)40(35(42)34-33(37)30-6-1-2-7-31(30)43-34)22-24-4-3-5-26(20-24)25-16-18-38-19-17-25/h1-11,16-20,28-29H,12-15,21-22H2,(H,39,41). The summed E-state index contributed by atoms with van der Waals surface area (Å²) < 4.78 is 1.00. The van der Waals surface area contributed by atoms with Crippen LogP contribution in [0.15, 0.2) is 97.3 Å².